The van der Waals surface area contributed by atoms with Gasteiger partial charge in [0.15, 0.2) is 0 Å². The van der Waals surface area contributed by atoms with E-state index in [-0.39, 0.29) is 35.6 Å². The van der Waals surface area contributed by atoms with Crippen LogP contribution < -0.4 is 35.3 Å². The fourth-order valence-electron chi connectivity index (χ4n) is 11.4. The zero-order valence-corrected chi connectivity index (χ0v) is 36.5. The molecule has 0 radical (unpaired) electrons. The molecule has 4 aromatic carbocycles. The van der Waals surface area contributed by atoms with Crippen LogP contribution in [0.4, 0.5) is 0 Å². The molecule has 0 nitrogen and oxygen atoms in total. The molecule has 0 spiro atoms. The Hall–Kier alpha value is -2.44. The van der Waals surface area contributed by atoms with E-state index in [1.807, 2.05) is 0 Å². The van der Waals surface area contributed by atoms with Crippen molar-refractivity contribution in [1.29, 1.82) is 0 Å². The summed E-state index contributed by atoms with van der Waals surface area (Å²) in [5.74, 6) is 4.94. The molecule has 3 heteroatoms. The van der Waals surface area contributed by atoms with Crippen LogP contribution in [0.25, 0.3) is 25.6 Å². The standard InChI is InChI=1S/C50H53.2ClH.Zr/c1-30-20-36(45-37-22-31-21-32(24-37)25-38(45)23-31)28-41(30)47-43-27-35-26-39(49(2,3)4)18-19-40(35)42(43)29-44(48(47)50(5,6)7)46(33-14-10-8-11-15-33)34-16-12-9-13-17-34;;;/h8-20,26,28-32,37-38,45H,21-25H2,1-7H3;2*1H;/q;;;+2/p-2. The summed E-state index contributed by atoms with van der Waals surface area (Å²) in [6, 6.07) is 32.4. The maximum Gasteiger partial charge on any atom is -1.00 e. The van der Waals surface area contributed by atoms with E-state index in [9.17, 15) is 0 Å². The van der Waals surface area contributed by atoms with E-state index in [1.54, 1.807) is 11.1 Å². The van der Waals surface area contributed by atoms with E-state index in [0.29, 0.717) is 5.92 Å². The Labute approximate surface area is 346 Å². The Morgan fingerprint density at radius 1 is 0.642 bits per heavy atom. The van der Waals surface area contributed by atoms with Crippen molar-refractivity contribution in [1.82, 2.24) is 0 Å². The molecule has 53 heavy (non-hydrogen) atoms. The van der Waals surface area contributed by atoms with Gasteiger partial charge in [-0.25, -0.2) is 0 Å². The van der Waals surface area contributed by atoms with Gasteiger partial charge in [-0.15, -0.1) is 0 Å². The van der Waals surface area contributed by atoms with Crippen LogP contribution in [0.3, 0.4) is 0 Å². The molecular weight excluding hydrogens is 763 g/mol. The molecule has 1 atom stereocenters. The number of allylic oxidation sites excluding steroid dienone is 4. The third kappa shape index (κ3) is 6.58. The summed E-state index contributed by atoms with van der Waals surface area (Å²) in [6.07, 6.45) is 12.9. The maximum absolute atomic E-state index is 2.74. The first-order valence-electron chi connectivity index (χ1n) is 19.7. The largest absolute Gasteiger partial charge is 1.00 e. The van der Waals surface area contributed by atoms with Crippen LogP contribution in [0, 0.1) is 35.5 Å². The second-order valence-corrected chi connectivity index (χ2v) is 20.1. The number of hydrogen-bond acceptors (Lipinski definition) is 0. The molecule has 0 aliphatic heterocycles. The average Bonchev–Trinajstić information content (AvgIpc) is 3.60. The number of benzene rings is 4. The van der Waals surface area contributed by atoms with Gasteiger partial charge in [0.2, 0.25) is 0 Å². The van der Waals surface area contributed by atoms with Gasteiger partial charge in [-0.3, -0.25) is 0 Å². The molecule has 1 unspecified atom stereocenters. The molecular formula is C50H53Cl2Zr. The van der Waals surface area contributed by atoms with Gasteiger partial charge in [0.25, 0.3) is 0 Å². The summed E-state index contributed by atoms with van der Waals surface area (Å²) in [6.45, 7) is 16.9. The van der Waals surface area contributed by atoms with Gasteiger partial charge >= 0.3 is 324 Å². The van der Waals surface area contributed by atoms with Crippen molar-refractivity contribution < 1.29 is 49.5 Å². The van der Waals surface area contributed by atoms with Gasteiger partial charge in [-0.05, 0) is 0 Å². The zero-order valence-electron chi connectivity index (χ0n) is 32.5. The minimum absolute atomic E-state index is 0. The van der Waals surface area contributed by atoms with Crippen molar-refractivity contribution in [2.75, 3.05) is 0 Å². The fraction of sp³-hybridized carbons (Fsp3) is 0.400. The first-order chi connectivity index (χ1) is 24.4. The number of halogens is 2. The molecule has 4 bridgehead atoms. The topological polar surface area (TPSA) is 0 Å². The third-order valence-electron chi connectivity index (χ3n) is 13.3. The SMILES string of the molecule is CC1C=C(C2C3CC4CC(C3)CC2C4)C=C1c1c(C(C)(C)C)c(=C(c2ccccc2)c2ccccc2)cc2c1=[C]([Zr+2])c1cc(C(C)(C)C)ccc1-2.[Cl-].[Cl-]. The number of fused-ring (bicyclic) bond motifs is 3. The minimum atomic E-state index is -0.0812. The van der Waals surface area contributed by atoms with Gasteiger partial charge in [-0.1, -0.05) is 0 Å². The van der Waals surface area contributed by atoms with E-state index < -0.39 is 0 Å². The van der Waals surface area contributed by atoms with Crippen molar-refractivity contribution >= 4 is 14.4 Å². The maximum atomic E-state index is 2.74. The molecule has 0 saturated heterocycles. The van der Waals surface area contributed by atoms with Crippen LogP contribution in [0.1, 0.15) is 114 Å². The molecule has 0 heterocycles. The van der Waals surface area contributed by atoms with Crippen LogP contribution >= 0.6 is 0 Å². The summed E-state index contributed by atoms with van der Waals surface area (Å²) in [7, 11) is 0. The fourth-order valence-corrected chi connectivity index (χ4v) is 12.6. The average molecular weight is 816 g/mol. The van der Waals surface area contributed by atoms with Crippen molar-refractivity contribution in [3.05, 3.63) is 146 Å². The Balaban J connectivity index is 0.00000218. The molecule has 6 aliphatic carbocycles. The van der Waals surface area contributed by atoms with Crippen LogP contribution in [0.2, 0.25) is 0 Å². The summed E-state index contributed by atoms with van der Waals surface area (Å²) >= 11 is 1.50. The monoisotopic (exact) mass is 813 g/mol. The summed E-state index contributed by atoms with van der Waals surface area (Å²) < 4.78 is 1.53. The molecule has 4 saturated carbocycles. The molecule has 10 rings (SSSR count). The second-order valence-electron chi connectivity index (χ2n) is 18.9. The third-order valence-corrected chi connectivity index (χ3v) is 14.6. The molecule has 0 aromatic heterocycles. The zero-order chi connectivity index (χ0) is 35.4. The second kappa shape index (κ2) is 14.3. The first-order valence-corrected chi connectivity index (χ1v) is 21.0. The van der Waals surface area contributed by atoms with Crippen molar-refractivity contribution in [2.24, 2.45) is 35.5 Å². The molecule has 4 fully saturated rings. The Morgan fingerprint density at radius 3 is 1.74 bits per heavy atom. The van der Waals surface area contributed by atoms with Crippen molar-refractivity contribution in [3.8, 4) is 11.1 Å². The molecule has 0 N–H and O–H groups in total. The van der Waals surface area contributed by atoms with Crippen molar-refractivity contribution in [2.45, 2.75) is 91.4 Å². The molecule has 0 amide bonds. The van der Waals surface area contributed by atoms with E-state index in [1.165, 1.54) is 121 Å². The number of rotatable bonds is 4. The van der Waals surface area contributed by atoms with Gasteiger partial charge in [0.05, 0.1) is 0 Å². The Kier molecular flexibility index (Phi) is 10.4. The first kappa shape index (κ1) is 38.8. The van der Waals surface area contributed by atoms with E-state index >= 15 is 0 Å². The van der Waals surface area contributed by atoms with E-state index in [2.05, 4.69) is 146 Å². The van der Waals surface area contributed by atoms with Gasteiger partial charge in [0, 0.05) is 0 Å². The molecule has 6 aliphatic rings. The van der Waals surface area contributed by atoms with Gasteiger partial charge in [0.1, 0.15) is 0 Å². The normalized spacial score (nSPS) is 25.3. The number of hydrogen-bond donors (Lipinski definition) is 0. The van der Waals surface area contributed by atoms with Crippen LogP contribution in [0.15, 0.2) is 103 Å². The van der Waals surface area contributed by atoms with Crippen LogP contribution in [0.5, 0.6) is 0 Å². The van der Waals surface area contributed by atoms with E-state index in [0.717, 1.165) is 29.6 Å². The Bertz CT molecular complexity index is 2170. The molecule has 4 aromatic rings. The summed E-state index contributed by atoms with van der Waals surface area (Å²) in [4.78, 5) is 0. The van der Waals surface area contributed by atoms with Crippen LogP contribution in [-0.2, 0) is 35.5 Å². The summed E-state index contributed by atoms with van der Waals surface area (Å²) in [5, 5.41) is 2.91. The van der Waals surface area contributed by atoms with Gasteiger partial charge < -0.3 is 24.8 Å². The quantitative estimate of drug-likeness (QED) is 0.264. The van der Waals surface area contributed by atoms with Crippen LogP contribution in [-0.4, -0.2) is 0 Å². The van der Waals surface area contributed by atoms with E-state index in [4.69, 9.17) is 0 Å². The van der Waals surface area contributed by atoms with Crippen molar-refractivity contribution in [3.63, 3.8) is 0 Å². The Morgan fingerprint density at radius 2 is 1.21 bits per heavy atom. The smallest absolute Gasteiger partial charge is 1.00 e. The summed E-state index contributed by atoms with van der Waals surface area (Å²) in [5.41, 5.74) is 15.9. The molecule has 271 valence electrons. The van der Waals surface area contributed by atoms with Gasteiger partial charge in [-0.2, -0.15) is 0 Å². The predicted octanol–water partition coefficient (Wildman–Crippen LogP) is 5.25. The minimum Gasteiger partial charge on any atom is -1.00 e. The predicted molar refractivity (Wildman–Crippen MR) is 211 cm³/mol.